The molecule has 0 atom stereocenters. The van der Waals surface area contributed by atoms with E-state index in [1.165, 1.54) is 6.92 Å². The second-order valence-electron chi connectivity index (χ2n) is 5.17. The predicted molar refractivity (Wildman–Crippen MR) is 81.1 cm³/mol. The van der Waals surface area contributed by atoms with Gasteiger partial charge in [0, 0.05) is 23.4 Å². The van der Waals surface area contributed by atoms with Gasteiger partial charge in [-0.1, -0.05) is 23.7 Å². The van der Waals surface area contributed by atoms with Gasteiger partial charge in [-0.05, 0) is 31.9 Å². The molecule has 1 aromatic heterocycles. The van der Waals surface area contributed by atoms with Crippen LogP contribution in [0, 0.1) is 0 Å². The average Bonchev–Trinajstić information content (AvgIpc) is 2.92. The molecule has 4 nitrogen and oxygen atoms in total. The lowest BCUT2D eigenvalue weighted by molar-refractivity contribution is 0.101. The molecule has 1 aliphatic heterocycles. The monoisotopic (exact) mass is 303 g/mol. The van der Waals surface area contributed by atoms with E-state index in [1.54, 1.807) is 28.8 Å². The Balaban J connectivity index is 2.34. The third-order valence-corrected chi connectivity index (χ3v) is 4.16. The highest BCUT2D eigenvalue weighted by molar-refractivity contribution is 6.32. The SMILES string of the molecule is CC(=O)c1cc(-c2cccc(Cl)c2O)c(=O)n2c1CCC2. The van der Waals surface area contributed by atoms with Crippen molar-refractivity contribution in [2.75, 3.05) is 0 Å². The molecule has 0 saturated carbocycles. The molecule has 0 bridgehead atoms. The van der Waals surface area contributed by atoms with E-state index in [4.69, 9.17) is 11.6 Å². The summed E-state index contributed by atoms with van der Waals surface area (Å²) in [7, 11) is 0. The van der Waals surface area contributed by atoms with E-state index in [2.05, 4.69) is 0 Å². The van der Waals surface area contributed by atoms with Crippen LogP contribution >= 0.6 is 11.6 Å². The average molecular weight is 304 g/mol. The predicted octanol–water partition coefficient (Wildman–Crippen LogP) is 3.02. The van der Waals surface area contributed by atoms with Crippen LogP contribution in [0.4, 0.5) is 0 Å². The first-order chi connectivity index (χ1) is 10.0. The molecule has 0 fully saturated rings. The number of phenolic OH excluding ortho intramolecular Hbond substituents is 1. The molecular weight excluding hydrogens is 290 g/mol. The number of phenols is 1. The summed E-state index contributed by atoms with van der Waals surface area (Å²) >= 11 is 5.91. The Kier molecular flexibility index (Phi) is 3.33. The number of carbonyl (C=O) groups is 1. The normalized spacial score (nSPS) is 13.2. The lowest BCUT2D eigenvalue weighted by Crippen LogP contribution is -2.23. The van der Waals surface area contributed by atoms with Crippen LogP contribution in [0.1, 0.15) is 29.4 Å². The van der Waals surface area contributed by atoms with E-state index in [0.29, 0.717) is 23.2 Å². The van der Waals surface area contributed by atoms with E-state index in [1.807, 2.05) is 0 Å². The number of nitrogens with zero attached hydrogens (tertiary/aromatic N) is 1. The molecule has 108 valence electrons. The van der Waals surface area contributed by atoms with Crippen molar-refractivity contribution >= 4 is 17.4 Å². The molecular formula is C16H14ClNO3. The number of aromatic hydroxyl groups is 1. The van der Waals surface area contributed by atoms with Gasteiger partial charge in [0.2, 0.25) is 0 Å². The summed E-state index contributed by atoms with van der Waals surface area (Å²) < 4.78 is 1.63. The third kappa shape index (κ3) is 2.16. The highest BCUT2D eigenvalue weighted by Gasteiger charge is 2.23. The number of hydrogen-bond donors (Lipinski definition) is 1. The minimum Gasteiger partial charge on any atom is -0.506 e. The molecule has 2 heterocycles. The van der Waals surface area contributed by atoms with Crippen LogP contribution in [0.2, 0.25) is 5.02 Å². The van der Waals surface area contributed by atoms with E-state index < -0.39 is 0 Å². The van der Waals surface area contributed by atoms with Crippen molar-refractivity contribution in [2.45, 2.75) is 26.3 Å². The van der Waals surface area contributed by atoms with Crippen LogP contribution in [0.3, 0.4) is 0 Å². The van der Waals surface area contributed by atoms with E-state index >= 15 is 0 Å². The molecule has 1 aliphatic rings. The van der Waals surface area contributed by atoms with Crippen molar-refractivity contribution < 1.29 is 9.90 Å². The second-order valence-corrected chi connectivity index (χ2v) is 5.58. The van der Waals surface area contributed by atoms with Crippen LogP contribution in [0.25, 0.3) is 11.1 Å². The van der Waals surface area contributed by atoms with Gasteiger partial charge in [0.15, 0.2) is 5.78 Å². The summed E-state index contributed by atoms with van der Waals surface area (Å²) in [5.74, 6) is -0.215. The molecule has 1 aromatic carbocycles. The molecule has 0 aliphatic carbocycles. The Morgan fingerprint density at radius 1 is 1.33 bits per heavy atom. The minimum absolute atomic E-state index is 0.0802. The molecule has 0 amide bonds. The Bertz CT molecular complexity index is 808. The van der Waals surface area contributed by atoms with Gasteiger partial charge in [-0.3, -0.25) is 9.59 Å². The quantitative estimate of drug-likeness (QED) is 0.868. The Labute approximate surface area is 126 Å². The van der Waals surface area contributed by atoms with Gasteiger partial charge in [-0.25, -0.2) is 0 Å². The zero-order valence-electron chi connectivity index (χ0n) is 11.5. The molecule has 3 rings (SSSR count). The maximum atomic E-state index is 12.6. The van der Waals surface area contributed by atoms with Crippen LogP contribution in [0.5, 0.6) is 5.75 Å². The van der Waals surface area contributed by atoms with E-state index in [-0.39, 0.29) is 22.1 Å². The Morgan fingerprint density at radius 3 is 2.81 bits per heavy atom. The first-order valence-corrected chi connectivity index (χ1v) is 7.14. The van der Waals surface area contributed by atoms with Gasteiger partial charge in [0.1, 0.15) is 5.75 Å². The second kappa shape index (κ2) is 5.04. The molecule has 0 radical (unpaired) electrons. The number of aromatic nitrogens is 1. The summed E-state index contributed by atoms with van der Waals surface area (Å²) in [6.07, 6.45) is 1.58. The molecule has 5 heteroatoms. The number of rotatable bonds is 2. The number of Topliss-reactive ketones (excluding diaryl/α,β-unsaturated/α-hetero) is 1. The van der Waals surface area contributed by atoms with Crippen molar-refractivity contribution in [1.29, 1.82) is 0 Å². The molecule has 0 spiro atoms. The fourth-order valence-electron chi connectivity index (χ4n) is 2.84. The summed E-state index contributed by atoms with van der Waals surface area (Å²) in [6.45, 7) is 2.09. The maximum absolute atomic E-state index is 12.6. The molecule has 0 unspecified atom stereocenters. The zero-order chi connectivity index (χ0) is 15.1. The lowest BCUT2D eigenvalue weighted by Gasteiger charge is -2.12. The van der Waals surface area contributed by atoms with Gasteiger partial charge in [-0.2, -0.15) is 0 Å². The fraction of sp³-hybridized carbons (Fsp3) is 0.250. The largest absolute Gasteiger partial charge is 0.506 e. The molecule has 1 N–H and O–H groups in total. The van der Waals surface area contributed by atoms with Crippen LogP contribution in [-0.2, 0) is 13.0 Å². The van der Waals surface area contributed by atoms with Gasteiger partial charge in [0.25, 0.3) is 5.56 Å². The molecule has 21 heavy (non-hydrogen) atoms. The molecule has 0 saturated heterocycles. The summed E-state index contributed by atoms with van der Waals surface area (Å²) in [4.78, 5) is 24.4. The van der Waals surface area contributed by atoms with Crippen molar-refractivity contribution in [3.63, 3.8) is 0 Å². The number of ketones is 1. The Hall–Kier alpha value is -2.07. The van der Waals surface area contributed by atoms with Crippen molar-refractivity contribution in [3.8, 4) is 16.9 Å². The first kappa shape index (κ1) is 13.9. The number of pyridine rings is 1. The van der Waals surface area contributed by atoms with Crippen molar-refractivity contribution in [3.05, 3.63) is 50.9 Å². The van der Waals surface area contributed by atoms with Crippen LogP contribution in [-0.4, -0.2) is 15.5 Å². The standard InChI is InChI=1S/C16H14ClNO3/c1-9(19)11-8-12(10-4-2-5-13(17)15(10)20)16(21)18-7-3-6-14(11)18/h2,4-5,8,20H,3,6-7H2,1H3. The number of benzene rings is 1. The maximum Gasteiger partial charge on any atom is 0.258 e. The van der Waals surface area contributed by atoms with Gasteiger partial charge < -0.3 is 9.67 Å². The van der Waals surface area contributed by atoms with Gasteiger partial charge >= 0.3 is 0 Å². The number of carbonyl (C=O) groups excluding carboxylic acids is 1. The summed E-state index contributed by atoms with van der Waals surface area (Å²) in [6, 6.07) is 6.43. The van der Waals surface area contributed by atoms with Crippen LogP contribution in [0.15, 0.2) is 29.1 Å². The van der Waals surface area contributed by atoms with Crippen molar-refractivity contribution in [1.82, 2.24) is 4.57 Å². The number of halogens is 1. The summed E-state index contributed by atoms with van der Waals surface area (Å²) in [5.41, 5.74) is 1.81. The van der Waals surface area contributed by atoms with Gasteiger partial charge in [0.05, 0.1) is 10.6 Å². The highest BCUT2D eigenvalue weighted by atomic mass is 35.5. The smallest absolute Gasteiger partial charge is 0.258 e. The van der Waals surface area contributed by atoms with Crippen LogP contribution < -0.4 is 5.56 Å². The van der Waals surface area contributed by atoms with E-state index in [9.17, 15) is 14.7 Å². The minimum atomic E-state index is -0.190. The zero-order valence-corrected chi connectivity index (χ0v) is 12.3. The number of para-hydroxylation sites is 1. The van der Waals surface area contributed by atoms with Gasteiger partial charge in [-0.15, -0.1) is 0 Å². The highest BCUT2D eigenvalue weighted by Crippen LogP contribution is 2.34. The van der Waals surface area contributed by atoms with E-state index in [0.717, 1.165) is 18.5 Å². The number of fused-ring (bicyclic) bond motifs is 1. The fourth-order valence-corrected chi connectivity index (χ4v) is 3.02. The third-order valence-electron chi connectivity index (χ3n) is 3.85. The topological polar surface area (TPSA) is 59.3 Å². The number of hydrogen-bond acceptors (Lipinski definition) is 3. The lowest BCUT2D eigenvalue weighted by atomic mass is 10.0. The summed E-state index contributed by atoms with van der Waals surface area (Å²) in [5, 5.41) is 10.3. The first-order valence-electron chi connectivity index (χ1n) is 6.76. The molecule has 2 aromatic rings. The Morgan fingerprint density at radius 2 is 2.10 bits per heavy atom. The van der Waals surface area contributed by atoms with Crippen molar-refractivity contribution in [2.24, 2.45) is 0 Å².